The van der Waals surface area contributed by atoms with Crippen molar-refractivity contribution in [1.29, 1.82) is 0 Å². The molecule has 1 aromatic rings. The van der Waals surface area contributed by atoms with Gasteiger partial charge in [-0.2, -0.15) is 0 Å². The number of nitrogens with zero attached hydrogens (tertiary/aromatic N) is 2. The molecule has 1 aromatic heterocycles. The third-order valence-corrected chi connectivity index (χ3v) is 2.42. The predicted octanol–water partition coefficient (Wildman–Crippen LogP) is 1.04. The van der Waals surface area contributed by atoms with Crippen LogP contribution in [-0.2, 0) is 9.59 Å². The number of hydrogen-bond acceptors (Lipinski definition) is 4. The summed E-state index contributed by atoms with van der Waals surface area (Å²) in [4.78, 5) is 27.4. The number of hydrogen-bond donors (Lipinski definition) is 1. The molecule has 19 heavy (non-hydrogen) atoms. The molecular formula is C13H16N2O4. The minimum absolute atomic E-state index is 0.0453. The van der Waals surface area contributed by atoms with Crippen LogP contribution in [0.3, 0.4) is 0 Å². The average Bonchev–Trinajstić information content (AvgIpc) is 2.42. The predicted molar refractivity (Wildman–Crippen MR) is 69.7 cm³/mol. The minimum Gasteiger partial charge on any atom is -0.482 e. The summed E-state index contributed by atoms with van der Waals surface area (Å²) < 4.78 is 5.28. The second-order valence-corrected chi connectivity index (χ2v) is 3.79. The summed E-state index contributed by atoms with van der Waals surface area (Å²) in [5.41, 5.74) is 0.506. The van der Waals surface area contributed by atoms with Crippen molar-refractivity contribution in [3.8, 4) is 5.75 Å². The topological polar surface area (TPSA) is 79.7 Å². The van der Waals surface area contributed by atoms with E-state index in [0.717, 1.165) is 6.08 Å². The first-order valence-corrected chi connectivity index (χ1v) is 5.76. The van der Waals surface area contributed by atoms with Crippen molar-refractivity contribution in [3.05, 3.63) is 30.1 Å². The smallest absolute Gasteiger partial charge is 0.328 e. The summed E-state index contributed by atoms with van der Waals surface area (Å²) in [5, 5.41) is 8.47. The van der Waals surface area contributed by atoms with E-state index in [1.165, 1.54) is 12.3 Å². The SMILES string of the molecule is CCN(C)C(=O)COc1ccc(C=CC(=O)O)nc1. The highest BCUT2D eigenvalue weighted by molar-refractivity contribution is 5.84. The first kappa shape index (κ1) is 14.7. The first-order chi connectivity index (χ1) is 9.02. The van der Waals surface area contributed by atoms with Gasteiger partial charge in [-0.25, -0.2) is 4.79 Å². The van der Waals surface area contributed by atoms with Gasteiger partial charge in [0.25, 0.3) is 5.91 Å². The van der Waals surface area contributed by atoms with E-state index in [1.54, 1.807) is 24.1 Å². The number of amides is 1. The van der Waals surface area contributed by atoms with Crippen molar-refractivity contribution in [2.24, 2.45) is 0 Å². The fourth-order valence-corrected chi connectivity index (χ4v) is 1.16. The molecule has 6 heteroatoms. The third-order valence-electron chi connectivity index (χ3n) is 2.42. The molecule has 0 saturated heterocycles. The largest absolute Gasteiger partial charge is 0.482 e. The minimum atomic E-state index is -1.03. The first-order valence-electron chi connectivity index (χ1n) is 5.76. The number of rotatable bonds is 6. The number of pyridine rings is 1. The monoisotopic (exact) mass is 264 g/mol. The molecule has 1 rings (SSSR count). The lowest BCUT2D eigenvalue weighted by atomic mass is 10.3. The van der Waals surface area contributed by atoms with Gasteiger partial charge in [-0.3, -0.25) is 9.78 Å². The van der Waals surface area contributed by atoms with E-state index in [1.807, 2.05) is 6.92 Å². The molecule has 0 aliphatic heterocycles. The standard InChI is InChI=1S/C13H16N2O4/c1-3-15(2)12(16)9-19-11-6-4-10(14-8-11)5-7-13(17)18/h4-8H,3,9H2,1-2H3,(H,17,18). The molecule has 0 unspecified atom stereocenters. The summed E-state index contributed by atoms with van der Waals surface area (Å²) in [7, 11) is 1.70. The zero-order valence-electron chi connectivity index (χ0n) is 10.9. The molecule has 102 valence electrons. The second-order valence-electron chi connectivity index (χ2n) is 3.79. The Morgan fingerprint density at radius 3 is 2.74 bits per heavy atom. The summed E-state index contributed by atoms with van der Waals surface area (Å²) >= 11 is 0. The second kappa shape index (κ2) is 7.15. The van der Waals surface area contributed by atoms with Crippen LogP contribution in [0.5, 0.6) is 5.75 Å². The number of aliphatic carboxylic acids is 1. The molecule has 0 atom stereocenters. The maximum atomic E-state index is 11.5. The van der Waals surface area contributed by atoms with Gasteiger partial charge in [0.15, 0.2) is 6.61 Å². The van der Waals surface area contributed by atoms with Crippen molar-refractivity contribution in [2.45, 2.75) is 6.92 Å². The molecular weight excluding hydrogens is 248 g/mol. The fraction of sp³-hybridized carbons (Fsp3) is 0.308. The van der Waals surface area contributed by atoms with Crippen LogP contribution in [-0.4, -0.2) is 47.1 Å². The van der Waals surface area contributed by atoms with Crippen LogP contribution in [0.25, 0.3) is 6.08 Å². The van der Waals surface area contributed by atoms with Crippen LogP contribution >= 0.6 is 0 Å². The van der Waals surface area contributed by atoms with Gasteiger partial charge < -0.3 is 14.7 Å². The Morgan fingerprint density at radius 1 is 1.47 bits per heavy atom. The van der Waals surface area contributed by atoms with Gasteiger partial charge in [0, 0.05) is 19.7 Å². The van der Waals surface area contributed by atoms with E-state index in [-0.39, 0.29) is 12.5 Å². The molecule has 0 saturated carbocycles. The number of carbonyl (C=O) groups excluding carboxylic acids is 1. The van der Waals surface area contributed by atoms with Gasteiger partial charge in [0.1, 0.15) is 5.75 Å². The lowest BCUT2D eigenvalue weighted by Crippen LogP contribution is -2.31. The average molecular weight is 264 g/mol. The van der Waals surface area contributed by atoms with E-state index in [2.05, 4.69) is 4.98 Å². The van der Waals surface area contributed by atoms with Crippen molar-refractivity contribution in [2.75, 3.05) is 20.2 Å². The van der Waals surface area contributed by atoms with Crippen molar-refractivity contribution < 1.29 is 19.4 Å². The van der Waals surface area contributed by atoms with E-state index in [9.17, 15) is 9.59 Å². The van der Waals surface area contributed by atoms with Crippen LogP contribution in [0.15, 0.2) is 24.4 Å². The zero-order chi connectivity index (χ0) is 14.3. The maximum absolute atomic E-state index is 11.5. The number of carbonyl (C=O) groups is 2. The molecule has 6 nitrogen and oxygen atoms in total. The molecule has 0 aliphatic carbocycles. The molecule has 0 fully saturated rings. The zero-order valence-corrected chi connectivity index (χ0v) is 10.9. The van der Waals surface area contributed by atoms with Gasteiger partial charge in [-0.05, 0) is 25.1 Å². The number of ether oxygens (including phenoxy) is 1. The Kier molecular flexibility index (Phi) is 5.53. The van der Waals surface area contributed by atoms with Crippen LogP contribution in [0.2, 0.25) is 0 Å². The Balaban J connectivity index is 2.53. The van der Waals surface area contributed by atoms with Gasteiger partial charge in [-0.15, -0.1) is 0 Å². The molecule has 0 radical (unpaired) electrons. The number of aromatic nitrogens is 1. The quantitative estimate of drug-likeness (QED) is 0.776. The lowest BCUT2D eigenvalue weighted by molar-refractivity contribution is -0.132. The normalized spacial score (nSPS) is 10.4. The lowest BCUT2D eigenvalue weighted by Gasteiger charge is -2.14. The Bertz CT molecular complexity index is 468. The van der Waals surface area contributed by atoms with Crippen LogP contribution in [0.4, 0.5) is 0 Å². The molecule has 1 N–H and O–H groups in total. The van der Waals surface area contributed by atoms with Gasteiger partial charge in [0.2, 0.25) is 0 Å². The van der Waals surface area contributed by atoms with Crippen LogP contribution in [0.1, 0.15) is 12.6 Å². The van der Waals surface area contributed by atoms with Crippen molar-refractivity contribution >= 4 is 18.0 Å². The third kappa shape index (κ3) is 5.20. The Morgan fingerprint density at radius 2 is 2.21 bits per heavy atom. The highest BCUT2D eigenvalue weighted by atomic mass is 16.5. The van der Waals surface area contributed by atoms with Crippen molar-refractivity contribution in [1.82, 2.24) is 9.88 Å². The summed E-state index contributed by atoms with van der Waals surface area (Å²) in [6, 6.07) is 3.25. The number of carboxylic acid groups (broad SMARTS) is 1. The summed E-state index contributed by atoms with van der Waals surface area (Å²) in [6.45, 7) is 2.46. The van der Waals surface area contributed by atoms with Crippen LogP contribution in [0, 0.1) is 0 Å². The maximum Gasteiger partial charge on any atom is 0.328 e. The number of carboxylic acids is 1. The van der Waals surface area contributed by atoms with Gasteiger partial charge >= 0.3 is 5.97 Å². The van der Waals surface area contributed by atoms with Crippen LogP contribution < -0.4 is 4.74 Å². The van der Waals surface area contributed by atoms with E-state index in [4.69, 9.17) is 9.84 Å². The van der Waals surface area contributed by atoms with E-state index in [0.29, 0.717) is 18.0 Å². The highest BCUT2D eigenvalue weighted by Crippen LogP contribution is 2.10. The molecule has 0 bridgehead atoms. The number of likely N-dealkylation sites (N-methyl/N-ethyl adjacent to an activating group) is 1. The van der Waals surface area contributed by atoms with E-state index >= 15 is 0 Å². The molecule has 1 heterocycles. The summed E-state index contributed by atoms with van der Waals surface area (Å²) in [6.07, 6.45) is 3.82. The molecule has 1 amide bonds. The summed E-state index contributed by atoms with van der Waals surface area (Å²) in [5.74, 6) is -0.682. The Hall–Kier alpha value is -2.37. The fourth-order valence-electron chi connectivity index (χ4n) is 1.16. The Labute approximate surface area is 111 Å². The van der Waals surface area contributed by atoms with Crippen molar-refractivity contribution in [3.63, 3.8) is 0 Å². The highest BCUT2D eigenvalue weighted by Gasteiger charge is 2.07. The van der Waals surface area contributed by atoms with E-state index < -0.39 is 5.97 Å². The molecule has 0 aromatic carbocycles. The van der Waals surface area contributed by atoms with Gasteiger partial charge in [0.05, 0.1) is 11.9 Å². The van der Waals surface area contributed by atoms with Gasteiger partial charge in [-0.1, -0.05) is 0 Å². The molecule has 0 aliphatic rings. The molecule has 0 spiro atoms.